The van der Waals surface area contributed by atoms with Crippen molar-refractivity contribution in [3.8, 4) is 11.5 Å². The second-order valence-electron chi connectivity index (χ2n) is 4.71. The van der Waals surface area contributed by atoms with Gasteiger partial charge >= 0.3 is 6.18 Å². The van der Waals surface area contributed by atoms with E-state index in [4.69, 9.17) is 12.2 Å². The quantitative estimate of drug-likeness (QED) is 0.576. The van der Waals surface area contributed by atoms with Gasteiger partial charge in [-0.3, -0.25) is 4.98 Å². The standard InChI is InChI=1S/C15H10F3N5S/c16-15(17,18)11-6-2-1-5-10(11)9-20-23-13(21-22-14(23)24)12-7-3-4-8-19-12/h1-9H,(H,22,24)/b20-9-. The van der Waals surface area contributed by atoms with Gasteiger partial charge in [-0.25, -0.2) is 5.10 Å². The molecule has 0 saturated carbocycles. The number of H-pyrrole nitrogens is 1. The largest absolute Gasteiger partial charge is 0.417 e. The molecule has 3 aromatic rings. The number of hydrogen-bond donors (Lipinski definition) is 1. The highest BCUT2D eigenvalue weighted by molar-refractivity contribution is 7.71. The Labute approximate surface area is 139 Å². The molecule has 0 radical (unpaired) electrons. The number of hydrogen-bond acceptors (Lipinski definition) is 4. The molecule has 0 fully saturated rings. The van der Waals surface area contributed by atoms with Gasteiger partial charge < -0.3 is 0 Å². The van der Waals surface area contributed by atoms with Crippen molar-refractivity contribution < 1.29 is 13.2 Å². The van der Waals surface area contributed by atoms with Crippen LogP contribution in [0.2, 0.25) is 0 Å². The fraction of sp³-hybridized carbons (Fsp3) is 0.0667. The van der Waals surface area contributed by atoms with Crippen LogP contribution in [0.25, 0.3) is 11.5 Å². The Morgan fingerprint density at radius 3 is 2.58 bits per heavy atom. The molecule has 0 aliphatic heterocycles. The van der Waals surface area contributed by atoms with Crippen LogP contribution in [0.1, 0.15) is 11.1 Å². The van der Waals surface area contributed by atoms with Crippen LogP contribution in [-0.2, 0) is 6.18 Å². The zero-order valence-corrected chi connectivity index (χ0v) is 12.8. The van der Waals surface area contributed by atoms with Crippen molar-refractivity contribution in [2.24, 2.45) is 5.10 Å². The monoisotopic (exact) mass is 349 g/mol. The number of aromatic nitrogens is 4. The SMILES string of the molecule is FC(F)(F)c1ccccc1/C=N\n1c(-c2ccccn2)n[nH]c1=S. The molecule has 2 aromatic heterocycles. The van der Waals surface area contributed by atoms with E-state index in [2.05, 4.69) is 20.3 Å². The summed E-state index contributed by atoms with van der Waals surface area (Å²) in [5, 5.41) is 10.6. The summed E-state index contributed by atoms with van der Waals surface area (Å²) in [7, 11) is 0. The Balaban J connectivity index is 2.04. The van der Waals surface area contributed by atoms with Gasteiger partial charge in [-0.2, -0.15) is 28.0 Å². The maximum atomic E-state index is 13.0. The fourth-order valence-corrected chi connectivity index (χ4v) is 2.23. The Morgan fingerprint density at radius 1 is 1.12 bits per heavy atom. The van der Waals surface area contributed by atoms with Gasteiger partial charge in [0.2, 0.25) is 10.6 Å². The van der Waals surface area contributed by atoms with Gasteiger partial charge in [-0.15, -0.1) is 0 Å². The zero-order valence-electron chi connectivity index (χ0n) is 12.0. The van der Waals surface area contributed by atoms with E-state index in [0.717, 1.165) is 12.3 Å². The minimum atomic E-state index is -4.47. The van der Waals surface area contributed by atoms with E-state index in [0.29, 0.717) is 11.5 Å². The van der Waals surface area contributed by atoms with E-state index in [1.807, 2.05) is 0 Å². The number of nitrogens with zero attached hydrogens (tertiary/aromatic N) is 4. The Bertz CT molecular complexity index is 928. The molecule has 24 heavy (non-hydrogen) atoms. The lowest BCUT2D eigenvalue weighted by Crippen LogP contribution is -2.09. The maximum absolute atomic E-state index is 13.0. The van der Waals surface area contributed by atoms with Gasteiger partial charge in [0.25, 0.3) is 0 Å². The number of aromatic amines is 1. The van der Waals surface area contributed by atoms with Gasteiger partial charge in [0.05, 0.1) is 11.8 Å². The van der Waals surface area contributed by atoms with Gasteiger partial charge in [0.15, 0.2) is 0 Å². The fourth-order valence-electron chi connectivity index (χ4n) is 2.05. The normalized spacial score (nSPS) is 12.0. The van der Waals surface area contributed by atoms with Crippen molar-refractivity contribution in [3.63, 3.8) is 0 Å². The van der Waals surface area contributed by atoms with Crippen LogP contribution in [0.5, 0.6) is 0 Å². The molecule has 9 heteroatoms. The molecule has 2 heterocycles. The van der Waals surface area contributed by atoms with Gasteiger partial charge in [0, 0.05) is 11.8 Å². The van der Waals surface area contributed by atoms with Crippen molar-refractivity contribution in [2.45, 2.75) is 6.18 Å². The summed E-state index contributed by atoms with van der Waals surface area (Å²) in [6, 6.07) is 10.3. The molecule has 5 nitrogen and oxygen atoms in total. The number of rotatable bonds is 3. The molecule has 1 N–H and O–H groups in total. The van der Waals surface area contributed by atoms with Crippen molar-refractivity contribution in [2.75, 3.05) is 0 Å². The summed E-state index contributed by atoms with van der Waals surface area (Å²) in [5.41, 5.74) is -0.352. The van der Waals surface area contributed by atoms with Crippen LogP contribution in [0, 0.1) is 4.77 Å². The molecule has 0 bridgehead atoms. The topological polar surface area (TPSA) is 58.9 Å². The molecule has 0 aliphatic rings. The lowest BCUT2D eigenvalue weighted by atomic mass is 10.1. The summed E-state index contributed by atoms with van der Waals surface area (Å²) in [4.78, 5) is 4.13. The van der Waals surface area contributed by atoms with Crippen LogP contribution in [0.4, 0.5) is 13.2 Å². The number of pyridine rings is 1. The minimum absolute atomic E-state index is 0.0694. The van der Waals surface area contributed by atoms with Crippen LogP contribution >= 0.6 is 12.2 Å². The average Bonchev–Trinajstić information content (AvgIpc) is 2.94. The number of nitrogens with one attached hydrogen (secondary N) is 1. The molecule has 122 valence electrons. The van der Waals surface area contributed by atoms with Crippen LogP contribution in [-0.4, -0.2) is 26.1 Å². The summed E-state index contributed by atoms with van der Waals surface area (Å²) >= 11 is 5.08. The molecule has 0 amide bonds. The third-order valence-electron chi connectivity index (χ3n) is 3.12. The van der Waals surface area contributed by atoms with E-state index in [-0.39, 0.29) is 10.3 Å². The highest BCUT2D eigenvalue weighted by Gasteiger charge is 2.32. The smallest absolute Gasteiger partial charge is 0.253 e. The highest BCUT2D eigenvalue weighted by atomic mass is 32.1. The first-order valence-corrected chi connectivity index (χ1v) is 7.17. The van der Waals surface area contributed by atoms with E-state index in [9.17, 15) is 13.2 Å². The summed E-state index contributed by atoms with van der Waals surface area (Å²) in [6.45, 7) is 0. The second-order valence-corrected chi connectivity index (χ2v) is 5.10. The summed E-state index contributed by atoms with van der Waals surface area (Å²) < 4.78 is 40.4. The van der Waals surface area contributed by atoms with Crippen molar-refractivity contribution in [1.29, 1.82) is 0 Å². The Morgan fingerprint density at radius 2 is 1.88 bits per heavy atom. The molecule has 0 atom stereocenters. The van der Waals surface area contributed by atoms with Gasteiger partial charge in [-0.05, 0) is 30.4 Å². The number of halogens is 3. The first-order chi connectivity index (χ1) is 11.5. The molecule has 0 unspecified atom stereocenters. The average molecular weight is 349 g/mol. The van der Waals surface area contributed by atoms with Crippen molar-refractivity contribution in [3.05, 3.63) is 64.6 Å². The Kier molecular flexibility index (Phi) is 4.26. The Hall–Kier alpha value is -2.81. The second kappa shape index (κ2) is 6.36. The third kappa shape index (κ3) is 3.25. The highest BCUT2D eigenvalue weighted by Crippen LogP contribution is 2.31. The predicted molar refractivity (Wildman–Crippen MR) is 85.1 cm³/mol. The van der Waals surface area contributed by atoms with Crippen LogP contribution < -0.4 is 0 Å². The minimum Gasteiger partial charge on any atom is -0.253 e. The third-order valence-corrected chi connectivity index (χ3v) is 3.39. The first-order valence-electron chi connectivity index (χ1n) is 6.76. The van der Waals surface area contributed by atoms with Crippen LogP contribution in [0.15, 0.2) is 53.8 Å². The van der Waals surface area contributed by atoms with Gasteiger partial charge in [0.1, 0.15) is 5.69 Å². The molecule has 3 rings (SSSR count). The molecule has 0 spiro atoms. The molecule has 0 aliphatic carbocycles. The maximum Gasteiger partial charge on any atom is 0.417 e. The van der Waals surface area contributed by atoms with Crippen molar-refractivity contribution in [1.82, 2.24) is 19.9 Å². The predicted octanol–water partition coefficient (Wildman–Crippen LogP) is 3.90. The summed E-state index contributed by atoms with van der Waals surface area (Å²) in [6.07, 6.45) is -1.80. The van der Waals surface area contributed by atoms with Gasteiger partial charge in [-0.1, -0.05) is 24.3 Å². The molecule has 0 saturated heterocycles. The van der Waals surface area contributed by atoms with E-state index >= 15 is 0 Å². The summed E-state index contributed by atoms with van der Waals surface area (Å²) in [5.74, 6) is 0.307. The lowest BCUT2D eigenvalue weighted by Gasteiger charge is -2.09. The van der Waals surface area contributed by atoms with Crippen molar-refractivity contribution >= 4 is 18.4 Å². The lowest BCUT2D eigenvalue weighted by molar-refractivity contribution is -0.137. The number of benzene rings is 1. The van der Waals surface area contributed by atoms with E-state index < -0.39 is 11.7 Å². The van der Waals surface area contributed by atoms with E-state index in [1.54, 1.807) is 24.4 Å². The molecular weight excluding hydrogens is 339 g/mol. The molecular formula is C15H10F3N5S. The first kappa shape index (κ1) is 16.1. The number of alkyl halides is 3. The zero-order chi connectivity index (χ0) is 17.2. The van der Waals surface area contributed by atoms with Crippen LogP contribution in [0.3, 0.4) is 0 Å². The van der Waals surface area contributed by atoms with E-state index in [1.165, 1.54) is 22.9 Å². The molecule has 1 aromatic carbocycles.